The maximum Gasteiger partial charge on any atom is 0.332 e. The highest BCUT2D eigenvalue weighted by molar-refractivity contribution is 5.77. The van der Waals surface area contributed by atoms with E-state index in [4.69, 9.17) is 5.73 Å². The number of aryl methyl sites for hydroxylation is 2. The molecule has 0 aliphatic heterocycles. The van der Waals surface area contributed by atoms with Crippen LogP contribution in [0.15, 0.2) is 15.9 Å². The Labute approximate surface area is 139 Å². The SMILES string of the molecule is CC(C)C(C)(CN)NC(=O)Cn1c(=O)c2c(ncn2C)n(C)c1=O. The lowest BCUT2D eigenvalue weighted by molar-refractivity contribution is -0.124. The summed E-state index contributed by atoms with van der Waals surface area (Å²) in [5, 5.41) is 2.83. The molecule has 2 rings (SSSR count). The first-order valence-corrected chi connectivity index (χ1v) is 7.74. The molecule has 0 radical (unpaired) electrons. The molecule has 2 heterocycles. The fourth-order valence-corrected chi connectivity index (χ4v) is 2.47. The van der Waals surface area contributed by atoms with E-state index >= 15 is 0 Å². The Morgan fingerprint density at radius 3 is 2.54 bits per heavy atom. The quantitative estimate of drug-likeness (QED) is 0.720. The van der Waals surface area contributed by atoms with Gasteiger partial charge in [0.05, 0.1) is 11.9 Å². The minimum absolute atomic E-state index is 0.102. The number of amides is 1. The summed E-state index contributed by atoms with van der Waals surface area (Å²) in [6.07, 6.45) is 1.46. The summed E-state index contributed by atoms with van der Waals surface area (Å²) in [5.41, 5.74) is 4.59. The summed E-state index contributed by atoms with van der Waals surface area (Å²) in [7, 11) is 3.18. The number of nitrogens with two attached hydrogens (primary N) is 1. The van der Waals surface area contributed by atoms with Gasteiger partial charge in [0.15, 0.2) is 11.2 Å². The number of imidazole rings is 1. The van der Waals surface area contributed by atoms with Crippen LogP contribution in [0.5, 0.6) is 0 Å². The standard InChI is InChI=1S/C15H24N6O3/c1-9(2)15(3,7-16)18-10(22)6-21-13(23)11-12(17-8-19(11)4)20(5)14(21)24/h8-9H,6-7,16H2,1-5H3,(H,18,22). The Morgan fingerprint density at radius 1 is 1.38 bits per heavy atom. The van der Waals surface area contributed by atoms with Crippen LogP contribution in [0, 0.1) is 5.92 Å². The van der Waals surface area contributed by atoms with Gasteiger partial charge in [0.1, 0.15) is 6.54 Å². The molecule has 3 N–H and O–H groups in total. The largest absolute Gasteiger partial charge is 0.348 e. The van der Waals surface area contributed by atoms with Crippen molar-refractivity contribution in [2.24, 2.45) is 25.7 Å². The topological polar surface area (TPSA) is 117 Å². The van der Waals surface area contributed by atoms with Gasteiger partial charge in [-0.3, -0.25) is 14.2 Å². The molecule has 0 fully saturated rings. The van der Waals surface area contributed by atoms with E-state index in [2.05, 4.69) is 10.3 Å². The van der Waals surface area contributed by atoms with Crippen LogP contribution in [0.3, 0.4) is 0 Å². The van der Waals surface area contributed by atoms with Gasteiger partial charge in [-0.1, -0.05) is 13.8 Å². The van der Waals surface area contributed by atoms with Crippen molar-refractivity contribution >= 4 is 17.1 Å². The van der Waals surface area contributed by atoms with Crippen molar-refractivity contribution in [1.82, 2.24) is 24.0 Å². The second-order valence-electron chi connectivity index (χ2n) is 6.59. The number of fused-ring (bicyclic) bond motifs is 1. The van der Waals surface area contributed by atoms with Crippen molar-refractivity contribution in [3.63, 3.8) is 0 Å². The van der Waals surface area contributed by atoms with E-state index in [-0.39, 0.29) is 30.2 Å². The Morgan fingerprint density at radius 2 is 2.00 bits per heavy atom. The van der Waals surface area contributed by atoms with Gasteiger partial charge in [-0.25, -0.2) is 14.3 Å². The summed E-state index contributed by atoms with van der Waals surface area (Å²) < 4.78 is 3.70. The minimum atomic E-state index is -0.609. The molecule has 1 amide bonds. The number of hydrogen-bond donors (Lipinski definition) is 2. The second kappa shape index (κ2) is 6.23. The summed E-state index contributed by atoms with van der Waals surface area (Å²) in [6.45, 7) is 5.61. The second-order valence-corrected chi connectivity index (χ2v) is 6.59. The maximum atomic E-state index is 12.6. The number of nitrogens with zero attached hydrogens (tertiary/aromatic N) is 4. The van der Waals surface area contributed by atoms with Crippen LogP contribution in [-0.2, 0) is 25.4 Å². The van der Waals surface area contributed by atoms with Crippen molar-refractivity contribution < 1.29 is 4.79 Å². The summed E-state index contributed by atoms with van der Waals surface area (Å²) in [6, 6.07) is 0. The van der Waals surface area contributed by atoms with E-state index in [9.17, 15) is 14.4 Å². The fourth-order valence-electron chi connectivity index (χ4n) is 2.47. The lowest BCUT2D eigenvalue weighted by atomic mass is 9.88. The highest BCUT2D eigenvalue weighted by Gasteiger charge is 2.29. The van der Waals surface area contributed by atoms with Crippen LogP contribution in [0.2, 0.25) is 0 Å². The molecule has 1 atom stereocenters. The van der Waals surface area contributed by atoms with Gasteiger partial charge in [-0.15, -0.1) is 0 Å². The van der Waals surface area contributed by atoms with Crippen molar-refractivity contribution in [1.29, 1.82) is 0 Å². The summed E-state index contributed by atoms with van der Waals surface area (Å²) in [4.78, 5) is 41.4. The molecule has 0 saturated carbocycles. The number of rotatable bonds is 5. The van der Waals surface area contributed by atoms with E-state index < -0.39 is 22.7 Å². The molecule has 0 aliphatic carbocycles. The van der Waals surface area contributed by atoms with Gasteiger partial charge in [0.25, 0.3) is 5.56 Å². The van der Waals surface area contributed by atoms with E-state index in [1.165, 1.54) is 22.5 Å². The number of nitrogens with one attached hydrogen (secondary N) is 1. The lowest BCUT2D eigenvalue weighted by Gasteiger charge is -2.33. The highest BCUT2D eigenvalue weighted by atomic mass is 16.2. The fraction of sp³-hybridized carbons (Fsp3) is 0.600. The van der Waals surface area contributed by atoms with Crippen molar-refractivity contribution in [3.8, 4) is 0 Å². The third kappa shape index (κ3) is 2.86. The van der Waals surface area contributed by atoms with Gasteiger partial charge in [-0.05, 0) is 12.8 Å². The predicted octanol–water partition coefficient (Wildman–Crippen LogP) is -1.08. The molecular weight excluding hydrogens is 312 g/mol. The van der Waals surface area contributed by atoms with E-state index in [0.717, 1.165) is 4.57 Å². The smallest absolute Gasteiger partial charge is 0.332 e. The van der Waals surface area contributed by atoms with Gasteiger partial charge in [-0.2, -0.15) is 0 Å². The van der Waals surface area contributed by atoms with Crippen molar-refractivity contribution in [3.05, 3.63) is 27.2 Å². The molecular formula is C15H24N6O3. The molecule has 132 valence electrons. The molecule has 0 spiro atoms. The van der Waals surface area contributed by atoms with E-state index in [0.29, 0.717) is 0 Å². The average Bonchev–Trinajstić information content (AvgIpc) is 2.91. The number of carbonyl (C=O) groups excluding carboxylic acids is 1. The van der Waals surface area contributed by atoms with Gasteiger partial charge in [0.2, 0.25) is 5.91 Å². The minimum Gasteiger partial charge on any atom is -0.348 e. The summed E-state index contributed by atoms with van der Waals surface area (Å²) in [5.74, 6) is -0.331. The Bertz CT molecular complexity index is 891. The lowest BCUT2D eigenvalue weighted by Crippen LogP contribution is -2.56. The molecule has 0 aromatic carbocycles. The maximum absolute atomic E-state index is 12.6. The van der Waals surface area contributed by atoms with Crippen LogP contribution >= 0.6 is 0 Å². The Kier molecular flexibility index (Phi) is 4.66. The molecule has 1 unspecified atom stereocenters. The molecule has 9 heteroatoms. The van der Waals surface area contributed by atoms with Crippen LogP contribution < -0.4 is 22.3 Å². The molecule has 0 bridgehead atoms. The molecule has 0 aliphatic rings. The zero-order valence-electron chi connectivity index (χ0n) is 14.7. The third-order valence-corrected chi connectivity index (χ3v) is 4.63. The highest BCUT2D eigenvalue weighted by Crippen LogP contribution is 2.14. The zero-order chi connectivity index (χ0) is 18.2. The Balaban J connectivity index is 2.44. The first-order chi connectivity index (χ1) is 11.1. The number of carbonyl (C=O) groups is 1. The van der Waals surface area contributed by atoms with Crippen LogP contribution in [0.25, 0.3) is 11.2 Å². The van der Waals surface area contributed by atoms with E-state index in [1.807, 2.05) is 20.8 Å². The monoisotopic (exact) mass is 336 g/mol. The molecule has 0 saturated heterocycles. The van der Waals surface area contributed by atoms with Crippen LogP contribution in [0.1, 0.15) is 20.8 Å². The van der Waals surface area contributed by atoms with Crippen LogP contribution in [-0.4, -0.2) is 36.7 Å². The Hall–Kier alpha value is -2.42. The molecule has 2 aromatic rings. The predicted molar refractivity (Wildman–Crippen MR) is 90.7 cm³/mol. The number of aromatic nitrogens is 4. The van der Waals surface area contributed by atoms with Crippen molar-refractivity contribution in [2.75, 3.05) is 6.54 Å². The average molecular weight is 336 g/mol. The first kappa shape index (κ1) is 17.9. The summed E-state index contributed by atoms with van der Waals surface area (Å²) >= 11 is 0. The van der Waals surface area contributed by atoms with Crippen LogP contribution in [0.4, 0.5) is 0 Å². The molecule has 9 nitrogen and oxygen atoms in total. The van der Waals surface area contributed by atoms with Crippen molar-refractivity contribution in [2.45, 2.75) is 32.9 Å². The normalized spacial score (nSPS) is 14.1. The zero-order valence-corrected chi connectivity index (χ0v) is 14.7. The van der Waals surface area contributed by atoms with Gasteiger partial charge in [0, 0.05) is 20.6 Å². The third-order valence-electron chi connectivity index (χ3n) is 4.63. The van der Waals surface area contributed by atoms with E-state index in [1.54, 1.807) is 7.05 Å². The molecule has 24 heavy (non-hydrogen) atoms. The number of hydrogen-bond acceptors (Lipinski definition) is 5. The molecule has 2 aromatic heterocycles. The van der Waals surface area contributed by atoms with Gasteiger partial charge >= 0.3 is 5.69 Å². The van der Waals surface area contributed by atoms with Gasteiger partial charge < -0.3 is 15.6 Å². The first-order valence-electron chi connectivity index (χ1n) is 7.74.